The molecule has 0 bridgehead atoms. The number of nitrogens with zero attached hydrogens (tertiary/aromatic N) is 2. The van der Waals surface area contributed by atoms with Crippen LogP contribution in [-0.4, -0.2) is 43.5 Å². The van der Waals surface area contributed by atoms with Crippen LogP contribution in [0.4, 0.5) is 5.69 Å². The Kier molecular flexibility index (Phi) is 4.62. The molecule has 4 rings (SSSR count). The van der Waals surface area contributed by atoms with Gasteiger partial charge in [-0.15, -0.1) is 0 Å². The molecule has 0 spiro atoms. The van der Waals surface area contributed by atoms with E-state index in [4.69, 9.17) is 0 Å². The van der Waals surface area contributed by atoms with Crippen LogP contribution in [0.3, 0.4) is 0 Å². The summed E-state index contributed by atoms with van der Waals surface area (Å²) in [5.74, 6) is 0.991. The number of carbonyl (C=O) groups excluding carboxylic acids is 1. The van der Waals surface area contributed by atoms with Crippen LogP contribution >= 0.6 is 0 Å². The maximum absolute atomic E-state index is 13.1. The minimum Gasteiger partial charge on any atom is -0.298 e. The van der Waals surface area contributed by atoms with Gasteiger partial charge in [0.15, 0.2) is 0 Å². The highest BCUT2D eigenvalue weighted by molar-refractivity contribution is 6.00. The number of carbonyl (C=O) groups is 1. The lowest BCUT2D eigenvalue weighted by atomic mass is 9.74. The van der Waals surface area contributed by atoms with Crippen molar-refractivity contribution in [3.8, 4) is 0 Å². The second-order valence-electron chi connectivity index (χ2n) is 8.46. The fourth-order valence-electron chi connectivity index (χ4n) is 5.72. The molecule has 2 fully saturated rings. The Bertz CT molecular complexity index is 809. The van der Waals surface area contributed by atoms with Gasteiger partial charge in [-0.05, 0) is 56.6 Å². The lowest BCUT2D eigenvalue weighted by Crippen LogP contribution is -2.67. The van der Waals surface area contributed by atoms with Gasteiger partial charge in [0.05, 0.1) is 20.0 Å². The monoisotopic (exact) mass is 351 g/mol. The summed E-state index contributed by atoms with van der Waals surface area (Å²) < 4.78 is 0.423. The molecule has 1 aliphatic carbocycles. The Hall–Kier alpha value is -1.71. The first-order chi connectivity index (χ1) is 12.5. The fourth-order valence-corrected chi connectivity index (χ4v) is 5.72. The Morgan fingerprint density at radius 2 is 1.77 bits per heavy atom. The number of likely N-dealkylation sites (tertiary alicyclic amines) is 1. The number of quaternary nitrogens is 1. The minimum atomic E-state index is 0.256. The van der Waals surface area contributed by atoms with E-state index in [9.17, 15) is 4.79 Å². The standard InChI is InChI=1S/C23H31N2O/c1-17(26)25(3,21-14-6-10-18-9-4-5-13-20(18)21)22-15-7-11-19-12-8-16-24(2)23(19)22/h4-6,9-10,13-14,19,22-23H,7-8,11-12,15-16H2,1-3H3/q+1. The average Bonchev–Trinajstić information content (AvgIpc) is 2.66. The number of hydrogen-bond donors (Lipinski definition) is 0. The molecule has 1 saturated carbocycles. The highest BCUT2D eigenvalue weighted by Gasteiger charge is 2.51. The molecule has 4 atom stereocenters. The lowest BCUT2D eigenvalue weighted by molar-refractivity contribution is -0.132. The molecule has 1 amide bonds. The second-order valence-corrected chi connectivity index (χ2v) is 8.46. The molecule has 2 aromatic carbocycles. The molecule has 0 radical (unpaired) electrons. The Labute approximate surface area is 157 Å². The van der Waals surface area contributed by atoms with Gasteiger partial charge in [-0.3, -0.25) is 4.90 Å². The van der Waals surface area contributed by atoms with Gasteiger partial charge in [0.1, 0.15) is 11.7 Å². The number of fused-ring (bicyclic) bond motifs is 2. The zero-order chi connectivity index (χ0) is 18.3. The Morgan fingerprint density at radius 3 is 2.58 bits per heavy atom. The molecule has 3 heteroatoms. The first-order valence-electron chi connectivity index (χ1n) is 10.1. The number of likely N-dealkylation sites (N-methyl/N-ethyl adjacent to an activating group) is 2. The molecule has 0 N–H and O–H groups in total. The van der Waals surface area contributed by atoms with E-state index < -0.39 is 0 Å². The molecule has 3 nitrogen and oxygen atoms in total. The van der Waals surface area contributed by atoms with Crippen LogP contribution in [0.1, 0.15) is 39.0 Å². The average molecular weight is 352 g/mol. The van der Waals surface area contributed by atoms with Crippen LogP contribution in [0, 0.1) is 5.92 Å². The van der Waals surface area contributed by atoms with E-state index in [1.807, 2.05) is 0 Å². The van der Waals surface area contributed by atoms with Gasteiger partial charge < -0.3 is 0 Å². The van der Waals surface area contributed by atoms with Crippen LogP contribution in [0.5, 0.6) is 0 Å². The Balaban J connectivity index is 1.87. The first kappa shape index (κ1) is 17.7. The van der Waals surface area contributed by atoms with E-state index in [1.165, 1.54) is 42.1 Å². The largest absolute Gasteiger partial charge is 0.315 e. The molecular formula is C23H31N2O+. The van der Waals surface area contributed by atoms with Gasteiger partial charge in [-0.25, -0.2) is 9.28 Å². The van der Waals surface area contributed by atoms with Crippen molar-refractivity contribution in [2.45, 2.75) is 51.1 Å². The van der Waals surface area contributed by atoms with Gasteiger partial charge in [0, 0.05) is 17.9 Å². The van der Waals surface area contributed by atoms with E-state index in [2.05, 4.69) is 61.5 Å². The summed E-state index contributed by atoms with van der Waals surface area (Å²) in [5, 5.41) is 2.44. The van der Waals surface area contributed by atoms with Crippen LogP contribution in [-0.2, 0) is 4.79 Å². The van der Waals surface area contributed by atoms with Gasteiger partial charge >= 0.3 is 5.91 Å². The third kappa shape index (κ3) is 2.69. The fraction of sp³-hybridized carbons (Fsp3) is 0.522. The topological polar surface area (TPSA) is 20.3 Å². The molecule has 1 saturated heterocycles. The van der Waals surface area contributed by atoms with E-state index in [0.717, 1.165) is 18.9 Å². The maximum atomic E-state index is 13.1. The van der Waals surface area contributed by atoms with Crippen molar-refractivity contribution >= 4 is 22.4 Å². The number of amides is 1. The van der Waals surface area contributed by atoms with Crippen molar-refractivity contribution < 1.29 is 4.79 Å². The molecule has 2 aliphatic rings. The summed E-state index contributed by atoms with van der Waals surface area (Å²) in [6.45, 7) is 2.94. The first-order valence-corrected chi connectivity index (χ1v) is 10.1. The van der Waals surface area contributed by atoms with E-state index in [-0.39, 0.29) is 5.91 Å². The molecule has 4 unspecified atom stereocenters. The number of benzene rings is 2. The van der Waals surface area contributed by atoms with Crippen LogP contribution < -0.4 is 4.48 Å². The molecule has 138 valence electrons. The normalized spacial score (nSPS) is 29.1. The van der Waals surface area contributed by atoms with Gasteiger partial charge in [-0.2, -0.15) is 0 Å². The summed E-state index contributed by atoms with van der Waals surface area (Å²) in [7, 11) is 4.43. The molecule has 0 aromatic heterocycles. The van der Waals surface area contributed by atoms with Crippen molar-refractivity contribution in [3.63, 3.8) is 0 Å². The van der Waals surface area contributed by atoms with Crippen LogP contribution in [0.15, 0.2) is 42.5 Å². The molecule has 26 heavy (non-hydrogen) atoms. The number of piperidine rings is 1. The van der Waals surface area contributed by atoms with Gasteiger partial charge in [0.25, 0.3) is 0 Å². The van der Waals surface area contributed by atoms with E-state index in [1.54, 1.807) is 6.92 Å². The van der Waals surface area contributed by atoms with Crippen molar-refractivity contribution in [1.82, 2.24) is 9.38 Å². The highest BCUT2D eigenvalue weighted by atomic mass is 16.2. The van der Waals surface area contributed by atoms with Gasteiger partial charge in [-0.1, -0.05) is 30.3 Å². The van der Waals surface area contributed by atoms with Crippen molar-refractivity contribution in [3.05, 3.63) is 42.5 Å². The zero-order valence-corrected chi connectivity index (χ0v) is 16.3. The third-order valence-electron chi connectivity index (χ3n) is 7.13. The van der Waals surface area contributed by atoms with E-state index >= 15 is 0 Å². The summed E-state index contributed by atoms with van der Waals surface area (Å²) in [6, 6.07) is 15.8. The van der Waals surface area contributed by atoms with Crippen molar-refractivity contribution in [2.75, 3.05) is 20.6 Å². The van der Waals surface area contributed by atoms with Crippen LogP contribution in [0.25, 0.3) is 10.8 Å². The lowest BCUT2D eigenvalue weighted by Gasteiger charge is -2.52. The zero-order valence-electron chi connectivity index (χ0n) is 16.3. The smallest absolute Gasteiger partial charge is 0.298 e. The number of rotatable bonds is 2. The Morgan fingerprint density at radius 1 is 1.04 bits per heavy atom. The summed E-state index contributed by atoms with van der Waals surface area (Å²) in [4.78, 5) is 15.7. The van der Waals surface area contributed by atoms with Crippen molar-refractivity contribution in [2.24, 2.45) is 5.92 Å². The molecule has 2 aromatic rings. The quantitative estimate of drug-likeness (QED) is 0.738. The van der Waals surface area contributed by atoms with Crippen LogP contribution in [0.2, 0.25) is 0 Å². The summed E-state index contributed by atoms with van der Waals surface area (Å²) in [6.07, 6.45) is 6.30. The predicted molar refractivity (Wildman–Crippen MR) is 109 cm³/mol. The van der Waals surface area contributed by atoms with Gasteiger partial charge in [0.2, 0.25) is 0 Å². The third-order valence-corrected chi connectivity index (χ3v) is 7.13. The number of hydrogen-bond acceptors (Lipinski definition) is 2. The molecule has 1 aliphatic heterocycles. The summed E-state index contributed by atoms with van der Waals surface area (Å²) in [5.41, 5.74) is 1.17. The highest BCUT2D eigenvalue weighted by Crippen LogP contribution is 2.43. The SMILES string of the molecule is CC(=O)[N+](C)(c1cccc2ccccc12)C1CCCC2CCCN(C)C21. The maximum Gasteiger partial charge on any atom is 0.315 e. The predicted octanol–water partition coefficient (Wildman–Crippen LogP) is 4.59. The second kappa shape index (κ2) is 6.79. The van der Waals surface area contributed by atoms with E-state index in [0.29, 0.717) is 16.6 Å². The molecule has 1 heterocycles. The minimum absolute atomic E-state index is 0.256. The molecular weight excluding hydrogens is 320 g/mol. The summed E-state index contributed by atoms with van der Waals surface area (Å²) >= 11 is 0. The van der Waals surface area contributed by atoms with Crippen molar-refractivity contribution in [1.29, 1.82) is 0 Å².